The summed E-state index contributed by atoms with van der Waals surface area (Å²) >= 11 is 1.31. The molecule has 0 atom stereocenters. The summed E-state index contributed by atoms with van der Waals surface area (Å²) in [6.45, 7) is 0.441. The van der Waals surface area contributed by atoms with E-state index in [1.165, 1.54) is 23.9 Å². The highest BCUT2D eigenvalue weighted by atomic mass is 32.2. The van der Waals surface area contributed by atoms with Crippen LogP contribution in [0.3, 0.4) is 0 Å². The van der Waals surface area contributed by atoms with Gasteiger partial charge in [0.25, 0.3) is 0 Å². The van der Waals surface area contributed by atoms with Crippen molar-refractivity contribution in [1.29, 1.82) is 0 Å². The van der Waals surface area contributed by atoms with Gasteiger partial charge < -0.3 is 19.0 Å². The Hall–Kier alpha value is -3.52. The Balaban J connectivity index is 1.53. The van der Waals surface area contributed by atoms with Crippen molar-refractivity contribution in [3.8, 4) is 17.0 Å². The van der Waals surface area contributed by atoms with Crippen molar-refractivity contribution in [3.05, 3.63) is 84.7 Å². The zero-order valence-electron chi connectivity index (χ0n) is 16.7. The first kappa shape index (κ1) is 20.7. The number of ether oxygens (including phenoxy) is 1. The van der Waals surface area contributed by atoms with Crippen molar-refractivity contribution in [2.75, 3.05) is 18.2 Å². The van der Waals surface area contributed by atoms with Crippen LogP contribution in [0.25, 0.3) is 11.3 Å². The van der Waals surface area contributed by atoms with Gasteiger partial charge in [0.2, 0.25) is 5.91 Å². The second kappa shape index (κ2) is 9.53. The number of para-hydroxylation sites is 2. The smallest absolute Gasteiger partial charge is 0.234 e. The summed E-state index contributed by atoms with van der Waals surface area (Å²) < 4.78 is 26.1. The molecule has 0 aliphatic heterocycles. The van der Waals surface area contributed by atoms with Crippen LogP contribution in [0.4, 0.5) is 10.1 Å². The molecule has 0 aliphatic carbocycles. The maximum absolute atomic E-state index is 13.4. The second-order valence-electron chi connectivity index (χ2n) is 6.64. The number of anilines is 1. The van der Waals surface area contributed by atoms with Crippen LogP contribution in [0.5, 0.6) is 5.75 Å². The third-order valence-electron chi connectivity index (χ3n) is 4.57. The molecule has 8 heteroatoms. The normalized spacial score (nSPS) is 10.8. The number of hydrogen-bond acceptors (Lipinski definition) is 5. The number of carbonyl (C=O) groups excluding carboxylic acids is 1. The second-order valence-corrected chi connectivity index (χ2v) is 7.58. The van der Waals surface area contributed by atoms with E-state index in [0.717, 1.165) is 17.0 Å². The molecule has 0 radical (unpaired) electrons. The van der Waals surface area contributed by atoms with Crippen molar-refractivity contribution >= 4 is 23.4 Å². The zero-order valence-corrected chi connectivity index (χ0v) is 17.6. The molecule has 2 aromatic heterocycles. The number of rotatable bonds is 8. The predicted octanol–water partition coefficient (Wildman–Crippen LogP) is 5.07. The van der Waals surface area contributed by atoms with Gasteiger partial charge in [-0.3, -0.25) is 4.79 Å². The standard InChI is InChI=1S/C23H20FN3O3S/c1-29-21-7-3-2-6-19(21)26-22(28)15-31-23-25-13-20(16-8-10-17(24)11-9-16)27(23)14-18-5-4-12-30-18/h2-13H,14-15H2,1H3,(H,26,28). The number of halogens is 1. The molecule has 0 saturated carbocycles. The summed E-state index contributed by atoms with van der Waals surface area (Å²) in [4.78, 5) is 17.0. The van der Waals surface area contributed by atoms with Gasteiger partial charge in [0.05, 0.1) is 43.2 Å². The summed E-state index contributed by atoms with van der Waals surface area (Å²) in [6.07, 6.45) is 3.33. The Labute approximate surface area is 183 Å². The number of aromatic nitrogens is 2. The first-order chi connectivity index (χ1) is 15.1. The average Bonchev–Trinajstić information content (AvgIpc) is 3.44. The van der Waals surface area contributed by atoms with Crippen LogP contribution in [-0.2, 0) is 11.3 Å². The van der Waals surface area contributed by atoms with E-state index < -0.39 is 0 Å². The van der Waals surface area contributed by atoms with E-state index in [2.05, 4.69) is 10.3 Å². The first-order valence-corrected chi connectivity index (χ1v) is 10.5. The molecule has 0 unspecified atom stereocenters. The molecule has 2 aromatic carbocycles. The lowest BCUT2D eigenvalue weighted by Gasteiger charge is -2.12. The Bertz CT molecular complexity index is 1160. The largest absolute Gasteiger partial charge is 0.495 e. The number of imidazole rings is 1. The number of carbonyl (C=O) groups is 1. The highest BCUT2D eigenvalue weighted by Gasteiger charge is 2.16. The maximum atomic E-state index is 13.4. The van der Waals surface area contributed by atoms with E-state index >= 15 is 0 Å². The molecule has 0 spiro atoms. The Morgan fingerprint density at radius 2 is 1.97 bits per heavy atom. The van der Waals surface area contributed by atoms with Gasteiger partial charge >= 0.3 is 0 Å². The first-order valence-electron chi connectivity index (χ1n) is 9.53. The van der Waals surface area contributed by atoms with E-state index in [0.29, 0.717) is 23.1 Å². The van der Waals surface area contributed by atoms with Crippen LogP contribution in [0.1, 0.15) is 5.76 Å². The number of furan rings is 1. The lowest BCUT2D eigenvalue weighted by atomic mass is 10.1. The highest BCUT2D eigenvalue weighted by molar-refractivity contribution is 7.99. The van der Waals surface area contributed by atoms with Gasteiger partial charge in [-0.25, -0.2) is 9.37 Å². The van der Waals surface area contributed by atoms with Crippen molar-refractivity contribution in [2.24, 2.45) is 0 Å². The minimum atomic E-state index is -0.302. The van der Waals surface area contributed by atoms with Crippen LogP contribution >= 0.6 is 11.8 Å². The molecule has 2 heterocycles. The summed E-state index contributed by atoms with van der Waals surface area (Å²) in [5.74, 6) is 1.03. The summed E-state index contributed by atoms with van der Waals surface area (Å²) in [6, 6.07) is 17.2. The van der Waals surface area contributed by atoms with Gasteiger partial charge in [0.15, 0.2) is 5.16 Å². The summed E-state index contributed by atoms with van der Waals surface area (Å²) in [7, 11) is 1.56. The summed E-state index contributed by atoms with van der Waals surface area (Å²) in [5, 5.41) is 3.52. The van der Waals surface area contributed by atoms with Crippen molar-refractivity contribution in [1.82, 2.24) is 9.55 Å². The third kappa shape index (κ3) is 4.97. The fourth-order valence-electron chi connectivity index (χ4n) is 3.10. The molecule has 1 amide bonds. The molecule has 158 valence electrons. The van der Waals surface area contributed by atoms with Gasteiger partial charge in [-0.2, -0.15) is 0 Å². The summed E-state index contributed by atoms with van der Waals surface area (Å²) in [5.41, 5.74) is 2.25. The Kier molecular flexibility index (Phi) is 6.37. The zero-order chi connectivity index (χ0) is 21.6. The molecule has 0 saturated heterocycles. The lowest BCUT2D eigenvalue weighted by Crippen LogP contribution is -2.15. The molecular weight excluding hydrogens is 417 g/mol. The number of methoxy groups -OCH3 is 1. The fraction of sp³-hybridized carbons (Fsp3) is 0.130. The Morgan fingerprint density at radius 1 is 1.16 bits per heavy atom. The quantitative estimate of drug-likeness (QED) is 0.390. The van der Waals surface area contributed by atoms with Gasteiger partial charge in [-0.15, -0.1) is 0 Å². The minimum absolute atomic E-state index is 0.163. The molecule has 0 aliphatic rings. The molecule has 6 nitrogen and oxygen atoms in total. The SMILES string of the molecule is COc1ccccc1NC(=O)CSc1ncc(-c2ccc(F)cc2)n1Cc1ccco1. The van der Waals surface area contributed by atoms with E-state index in [1.807, 2.05) is 28.8 Å². The topological polar surface area (TPSA) is 69.3 Å². The van der Waals surface area contributed by atoms with Crippen LogP contribution in [-0.4, -0.2) is 28.3 Å². The highest BCUT2D eigenvalue weighted by Crippen LogP contribution is 2.28. The molecule has 1 N–H and O–H groups in total. The molecule has 0 bridgehead atoms. The van der Waals surface area contributed by atoms with Crippen molar-refractivity contribution in [2.45, 2.75) is 11.7 Å². The number of nitrogens with zero attached hydrogens (tertiary/aromatic N) is 2. The number of amides is 1. The van der Waals surface area contributed by atoms with Crippen molar-refractivity contribution < 1.29 is 18.3 Å². The number of thioether (sulfide) groups is 1. The van der Waals surface area contributed by atoms with Gasteiger partial charge in [-0.1, -0.05) is 23.9 Å². The number of nitrogens with one attached hydrogen (secondary N) is 1. The molecular formula is C23H20FN3O3S. The lowest BCUT2D eigenvalue weighted by molar-refractivity contribution is -0.113. The fourth-order valence-corrected chi connectivity index (χ4v) is 3.88. The Morgan fingerprint density at radius 3 is 2.71 bits per heavy atom. The van der Waals surface area contributed by atoms with Gasteiger partial charge in [-0.05, 0) is 54.1 Å². The van der Waals surface area contributed by atoms with E-state index in [-0.39, 0.29) is 17.5 Å². The molecule has 31 heavy (non-hydrogen) atoms. The van der Waals surface area contributed by atoms with E-state index in [9.17, 15) is 9.18 Å². The number of hydrogen-bond donors (Lipinski definition) is 1. The molecule has 0 fully saturated rings. The van der Waals surface area contributed by atoms with Gasteiger partial charge in [0, 0.05) is 0 Å². The monoisotopic (exact) mass is 437 g/mol. The van der Waals surface area contributed by atoms with Crippen LogP contribution < -0.4 is 10.1 Å². The average molecular weight is 437 g/mol. The van der Waals surface area contributed by atoms with Crippen molar-refractivity contribution in [3.63, 3.8) is 0 Å². The molecule has 4 rings (SSSR count). The van der Waals surface area contributed by atoms with E-state index in [1.54, 1.807) is 43.8 Å². The van der Waals surface area contributed by atoms with Crippen LogP contribution in [0.2, 0.25) is 0 Å². The third-order valence-corrected chi connectivity index (χ3v) is 5.56. The predicted molar refractivity (Wildman–Crippen MR) is 118 cm³/mol. The number of benzene rings is 2. The molecule has 4 aromatic rings. The minimum Gasteiger partial charge on any atom is -0.495 e. The van der Waals surface area contributed by atoms with Crippen LogP contribution in [0, 0.1) is 5.82 Å². The van der Waals surface area contributed by atoms with Crippen LogP contribution in [0.15, 0.2) is 82.7 Å². The van der Waals surface area contributed by atoms with Gasteiger partial charge in [0.1, 0.15) is 17.3 Å². The van der Waals surface area contributed by atoms with E-state index in [4.69, 9.17) is 9.15 Å². The maximum Gasteiger partial charge on any atom is 0.234 e.